The molecule has 0 aliphatic carbocycles. The van der Waals surface area contributed by atoms with Crippen LogP contribution in [0.15, 0.2) is 34.3 Å². The molecule has 0 radical (unpaired) electrons. The summed E-state index contributed by atoms with van der Waals surface area (Å²) < 4.78 is 13.8. The Labute approximate surface area is 127 Å². The van der Waals surface area contributed by atoms with Gasteiger partial charge in [-0.15, -0.1) is 5.10 Å². The van der Waals surface area contributed by atoms with Crippen LogP contribution in [-0.4, -0.2) is 26.5 Å². The quantitative estimate of drug-likeness (QED) is 0.637. The molecule has 3 N–H and O–H groups in total. The van der Waals surface area contributed by atoms with Crippen molar-refractivity contribution in [2.75, 3.05) is 16.9 Å². The van der Waals surface area contributed by atoms with Crippen molar-refractivity contribution in [2.45, 2.75) is 5.16 Å². The highest BCUT2D eigenvalue weighted by Crippen LogP contribution is 2.20. The molecule has 0 spiro atoms. The molecule has 0 aliphatic heterocycles. The summed E-state index contributed by atoms with van der Waals surface area (Å²) in [4.78, 5) is 22.9. The second-order valence-electron chi connectivity index (χ2n) is 3.80. The van der Waals surface area contributed by atoms with Gasteiger partial charge in [-0.25, -0.2) is 4.39 Å². The van der Waals surface area contributed by atoms with Gasteiger partial charge in [0, 0.05) is 5.69 Å². The Balaban J connectivity index is 1.97. The molecule has 0 fully saturated rings. The van der Waals surface area contributed by atoms with Gasteiger partial charge in [-0.1, -0.05) is 23.4 Å². The second-order valence-corrected chi connectivity index (χ2v) is 5.15. The number of carbonyl (C=O) groups excluding carboxylic acids is 1. The minimum Gasteiger partial charge on any atom is -0.334 e. The summed E-state index contributed by atoms with van der Waals surface area (Å²) in [6, 6.07) is 3.82. The van der Waals surface area contributed by atoms with Crippen molar-refractivity contribution in [2.24, 2.45) is 0 Å². The van der Waals surface area contributed by atoms with E-state index in [1.54, 1.807) is 0 Å². The zero-order chi connectivity index (χ0) is 15.4. The van der Waals surface area contributed by atoms with Gasteiger partial charge in [-0.2, -0.15) is 9.77 Å². The Morgan fingerprint density at radius 2 is 2.29 bits per heavy atom. The zero-order valence-electron chi connectivity index (χ0n) is 10.4. The number of nitrogen functional groups attached to an aromatic ring is 1. The number of halogens is 2. The summed E-state index contributed by atoms with van der Waals surface area (Å²) in [6.45, 7) is 0. The van der Waals surface area contributed by atoms with Crippen LogP contribution in [0.4, 0.5) is 10.1 Å². The molecule has 0 saturated carbocycles. The number of rotatable bonds is 4. The molecule has 10 heteroatoms. The van der Waals surface area contributed by atoms with Gasteiger partial charge < -0.3 is 11.2 Å². The van der Waals surface area contributed by atoms with Gasteiger partial charge in [0.1, 0.15) is 12.0 Å². The van der Waals surface area contributed by atoms with Crippen LogP contribution in [0.2, 0.25) is 5.02 Å². The van der Waals surface area contributed by atoms with E-state index in [1.807, 2.05) is 0 Å². The van der Waals surface area contributed by atoms with Crippen molar-refractivity contribution < 1.29 is 9.18 Å². The van der Waals surface area contributed by atoms with Crippen molar-refractivity contribution >= 4 is 35.0 Å². The predicted octanol–water partition coefficient (Wildman–Crippen LogP) is 0.875. The number of benzene rings is 1. The smallest absolute Gasteiger partial charge is 0.291 e. The number of nitrogens with zero attached hydrogens (tertiary/aromatic N) is 3. The molecule has 110 valence electrons. The number of aromatic nitrogens is 3. The van der Waals surface area contributed by atoms with Gasteiger partial charge in [0.15, 0.2) is 0 Å². The van der Waals surface area contributed by atoms with Crippen LogP contribution in [0.5, 0.6) is 0 Å². The van der Waals surface area contributed by atoms with Crippen LogP contribution in [0.3, 0.4) is 0 Å². The second kappa shape index (κ2) is 6.55. The maximum absolute atomic E-state index is 13.0. The first-order chi connectivity index (χ1) is 9.97. The van der Waals surface area contributed by atoms with Crippen LogP contribution in [-0.2, 0) is 4.79 Å². The molecule has 0 aliphatic rings. The topological polar surface area (TPSA) is 103 Å². The highest BCUT2D eigenvalue weighted by molar-refractivity contribution is 7.99. The standard InChI is InChI=1S/C11H9ClFN5O2S/c12-7-3-6(1-2-8(7)13)16-9(19)5-21-11-17-15-4-10(20)18(11)14/h1-4H,5,14H2,(H,16,19). The number of nitrogens with two attached hydrogens (primary N) is 1. The number of carbonyl (C=O) groups is 1. The summed E-state index contributed by atoms with van der Waals surface area (Å²) in [5.74, 6) is 4.44. The van der Waals surface area contributed by atoms with E-state index in [9.17, 15) is 14.0 Å². The molecule has 1 heterocycles. The Morgan fingerprint density at radius 3 is 3.00 bits per heavy atom. The fraction of sp³-hybridized carbons (Fsp3) is 0.0909. The minimum atomic E-state index is -0.573. The van der Waals surface area contributed by atoms with Gasteiger partial charge in [0.05, 0.1) is 10.8 Å². The highest BCUT2D eigenvalue weighted by Gasteiger charge is 2.09. The van der Waals surface area contributed by atoms with Crippen molar-refractivity contribution in [1.29, 1.82) is 0 Å². The number of hydrogen-bond acceptors (Lipinski definition) is 6. The number of anilines is 1. The number of hydrogen-bond donors (Lipinski definition) is 2. The third-order valence-electron chi connectivity index (χ3n) is 2.29. The maximum atomic E-state index is 13.0. The molecular weight excluding hydrogens is 321 g/mol. The predicted molar refractivity (Wildman–Crippen MR) is 77.2 cm³/mol. The minimum absolute atomic E-state index is 0.0513. The molecule has 0 atom stereocenters. The van der Waals surface area contributed by atoms with E-state index in [4.69, 9.17) is 17.4 Å². The summed E-state index contributed by atoms with van der Waals surface area (Å²) >= 11 is 6.55. The van der Waals surface area contributed by atoms with Gasteiger partial charge in [0.25, 0.3) is 5.56 Å². The zero-order valence-corrected chi connectivity index (χ0v) is 12.0. The van der Waals surface area contributed by atoms with Crippen LogP contribution < -0.4 is 16.7 Å². The SMILES string of the molecule is Nn1c(SCC(=O)Nc2ccc(F)c(Cl)c2)nncc1=O. The van der Waals surface area contributed by atoms with Crippen LogP contribution in [0, 0.1) is 5.82 Å². The number of amides is 1. The van der Waals surface area contributed by atoms with Crippen LogP contribution >= 0.6 is 23.4 Å². The first-order valence-corrected chi connectivity index (χ1v) is 6.91. The molecule has 1 amide bonds. The van der Waals surface area contributed by atoms with Crippen LogP contribution in [0.1, 0.15) is 0 Å². The Morgan fingerprint density at radius 1 is 1.52 bits per heavy atom. The summed E-state index contributed by atoms with van der Waals surface area (Å²) in [5.41, 5.74) is -0.172. The van der Waals surface area contributed by atoms with E-state index >= 15 is 0 Å². The molecule has 2 aromatic rings. The van der Waals surface area contributed by atoms with Gasteiger partial charge >= 0.3 is 0 Å². The highest BCUT2D eigenvalue weighted by atomic mass is 35.5. The fourth-order valence-electron chi connectivity index (χ4n) is 1.33. The first-order valence-electron chi connectivity index (χ1n) is 5.55. The van der Waals surface area contributed by atoms with Gasteiger partial charge in [-0.05, 0) is 18.2 Å². The van der Waals surface area contributed by atoms with Crippen LogP contribution in [0.25, 0.3) is 0 Å². The molecule has 0 saturated heterocycles. The van der Waals surface area contributed by atoms with Crippen molar-refractivity contribution in [1.82, 2.24) is 14.9 Å². The molecule has 7 nitrogen and oxygen atoms in total. The summed E-state index contributed by atoms with van der Waals surface area (Å²) in [6.07, 6.45) is 0.963. The first kappa shape index (κ1) is 15.3. The van der Waals surface area contributed by atoms with E-state index in [0.717, 1.165) is 28.7 Å². The van der Waals surface area contributed by atoms with Crippen molar-refractivity contribution in [3.05, 3.63) is 45.6 Å². The lowest BCUT2D eigenvalue weighted by Crippen LogP contribution is -2.30. The van der Waals surface area contributed by atoms with Crippen molar-refractivity contribution in [3.8, 4) is 0 Å². The average Bonchev–Trinajstić information content (AvgIpc) is 2.44. The maximum Gasteiger partial charge on any atom is 0.291 e. The van der Waals surface area contributed by atoms with E-state index in [0.29, 0.717) is 5.69 Å². The molecular formula is C11H9ClFN5O2S. The normalized spacial score (nSPS) is 10.4. The lowest BCUT2D eigenvalue weighted by atomic mass is 10.3. The van der Waals surface area contributed by atoms with E-state index in [1.165, 1.54) is 12.1 Å². The van der Waals surface area contributed by atoms with E-state index in [-0.39, 0.29) is 21.8 Å². The van der Waals surface area contributed by atoms with E-state index < -0.39 is 11.4 Å². The van der Waals surface area contributed by atoms with Crippen molar-refractivity contribution in [3.63, 3.8) is 0 Å². The third kappa shape index (κ3) is 3.92. The lowest BCUT2D eigenvalue weighted by molar-refractivity contribution is -0.113. The van der Waals surface area contributed by atoms with Gasteiger partial charge in [-0.3, -0.25) is 9.59 Å². The monoisotopic (exact) mass is 329 g/mol. The Hall–Kier alpha value is -2.13. The average molecular weight is 330 g/mol. The molecule has 0 bridgehead atoms. The number of nitrogens with one attached hydrogen (secondary N) is 1. The summed E-state index contributed by atoms with van der Waals surface area (Å²) in [5, 5.41) is 9.64. The van der Waals surface area contributed by atoms with E-state index in [2.05, 4.69) is 15.5 Å². The summed E-state index contributed by atoms with van der Waals surface area (Å²) in [7, 11) is 0. The molecule has 2 rings (SSSR count). The molecule has 21 heavy (non-hydrogen) atoms. The molecule has 0 unspecified atom stereocenters. The largest absolute Gasteiger partial charge is 0.334 e. The third-order valence-corrected chi connectivity index (χ3v) is 3.52. The fourth-order valence-corrected chi connectivity index (χ4v) is 2.18. The molecule has 1 aromatic heterocycles. The lowest BCUT2D eigenvalue weighted by Gasteiger charge is -2.06. The Bertz CT molecular complexity index is 739. The molecule has 1 aromatic carbocycles. The Kier molecular flexibility index (Phi) is 4.76. The van der Waals surface area contributed by atoms with Gasteiger partial charge in [0.2, 0.25) is 11.1 Å². The number of thioether (sulfide) groups is 1.